The Balaban J connectivity index is 2.20. The van der Waals surface area contributed by atoms with Gasteiger partial charge in [0, 0.05) is 11.4 Å². The highest BCUT2D eigenvalue weighted by atomic mass is 32.2. The van der Waals surface area contributed by atoms with Gasteiger partial charge in [-0.2, -0.15) is 0 Å². The Morgan fingerprint density at radius 2 is 2.21 bits per heavy atom. The smallest absolute Gasteiger partial charge is 0.0227 e. The number of thioether (sulfide) groups is 1. The van der Waals surface area contributed by atoms with E-state index in [9.17, 15) is 0 Å². The summed E-state index contributed by atoms with van der Waals surface area (Å²) in [7, 11) is 4.24. The molecule has 0 amide bonds. The van der Waals surface area contributed by atoms with E-state index in [2.05, 4.69) is 37.2 Å². The zero-order chi connectivity index (χ0) is 9.97. The minimum Gasteiger partial charge on any atom is -0.305 e. The molecule has 0 spiro atoms. The summed E-state index contributed by atoms with van der Waals surface area (Å²) >= 11 is 2.00. The van der Waals surface area contributed by atoms with E-state index >= 15 is 0 Å². The van der Waals surface area contributed by atoms with Gasteiger partial charge in [-0.3, -0.25) is 0 Å². The summed E-state index contributed by atoms with van der Waals surface area (Å²) in [4.78, 5) is 3.72. The summed E-state index contributed by atoms with van der Waals surface area (Å²) in [5, 5.41) is 0. The van der Waals surface area contributed by atoms with Crippen LogP contribution in [0.5, 0.6) is 0 Å². The van der Waals surface area contributed by atoms with Gasteiger partial charge in [0.05, 0.1) is 0 Å². The molecule has 0 unspecified atom stereocenters. The van der Waals surface area contributed by atoms with Crippen molar-refractivity contribution >= 4 is 11.8 Å². The van der Waals surface area contributed by atoms with Crippen molar-refractivity contribution in [2.45, 2.75) is 24.3 Å². The molecule has 76 valence electrons. The topological polar surface area (TPSA) is 3.24 Å². The first-order chi connectivity index (χ1) is 6.75. The van der Waals surface area contributed by atoms with Crippen LogP contribution in [0.1, 0.15) is 17.5 Å². The van der Waals surface area contributed by atoms with Crippen LogP contribution in [-0.2, 0) is 13.0 Å². The Kier molecular flexibility index (Phi) is 3.14. The number of fused-ring (bicyclic) bond motifs is 1. The van der Waals surface area contributed by atoms with Gasteiger partial charge in [0.15, 0.2) is 0 Å². The fourth-order valence-corrected chi connectivity index (χ4v) is 2.90. The van der Waals surface area contributed by atoms with Gasteiger partial charge in [-0.25, -0.2) is 0 Å². The van der Waals surface area contributed by atoms with E-state index in [0.717, 1.165) is 6.54 Å². The monoisotopic (exact) mass is 207 g/mol. The maximum Gasteiger partial charge on any atom is 0.0227 e. The van der Waals surface area contributed by atoms with Crippen molar-refractivity contribution < 1.29 is 0 Å². The van der Waals surface area contributed by atoms with Gasteiger partial charge in [-0.05, 0) is 49.9 Å². The summed E-state index contributed by atoms with van der Waals surface area (Å²) in [5.74, 6) is 1.29. The van der Waals surface area contributed by atoms with Crippen LogP contribution in [0, 0.1) is 0 Å². The first-order valence-electron chi connectivity index (χ1n) is 5.15. The molecule has 2 heteroatoms. The third-order valence-electron chi connectivity index (χ3n) is 2.47. The van der Waals surface area contributed by atoms with Gasteiger partial charge >= 0.3 is 0 Å². The van der Waals surface area contributed by atoms with Crippen molar-refractivity contribution in [3.8, 4) is 0 Å². The molecule has 0 saturated carbocycles. The number of hydrogen-bond acceptors (Lipinski definition) is 2. The second kappa shape index (κ2) is 4.37. The maximum absolute atomic E-state index is 2.38. The predicted octanol–water partition coefficient (Wildman–Crippen LogP) is 2.79. The van der Waals surface area contributed by atoms with E-state index in [-0.39, 0.29) is 0 Å². The molecule has 0 aromatic heterocycles. The molecule has 1 aliphatic heterocycles. The van der Waals surface area contributed by atoms with E-state index in [1.165, 1.54) is 29.1 Å². The Hall–Kier alpha value is -0.470. The molecule has 14 heavy (non-hydrogen) atoms. The number of rotatable bonds is 2. The van der Waals surface area contributed by atoms with E-state index in [4.69, 9.17) is 0 Å². The molecular formula is C12H17NS. The average Bonchev–Trinajstić information content (AvgIpc) is 2.17. The molecule has 1 aromatic carbocycles. The molecule has 0 N–H and O–H groups in total. The Morgan fingerprint density at radius 3 is 3.00 bits per heavy atom. The van der Waals surface area contributed by atoms with E-state index < -0.39 is 0 Å². The zero-order valence-corrected chi connectivity index (χ0v) is 9.73. The van der Waals surface area contributed by atoms with Crippen LogP contribution >= 0.6 is 11.8 Å². The predicted molar refractivity (Wildman–Crippen MR) is 62.9 cm³/mol. The van der Waals surface area contributed by atoms with E-state index in [0.29, 0.717) is 0 Å². The van der Waals surface area contributed by atoms with Crippen molar-refractivity contribution in [2.24, 2.45) is 0 Å². The normalized spacial score (nSPS) is 15.6. The van der Waals surface area contributed by atoms with Crippen LogP contribution in [0.15, 0.2) is 23.1 Å². The molecule has 2 rings (SSSR count). The van der Waals surface area contributed by atoms with Gasteiger partial charge in [-0.15, -0.1) is 11.8 Å². The Labute approximate surface area is 90.5 Å². The highest BCUT2D eigenvalue weighted by molar-refractivity contribution is 7.99. The third kappa shape index (κ3) is 2.31. The second-order valence-corrected chi connectivity index (χ2v) is 5.27. The lowest BCUT2D eigenvalue weighted by molar-refractivity contribution is 0.402. The molecule has 1 nitrogen and oxygen atoms in total. The Morgan fingerprint density at radius 1 is 1.36 bits per heavy atom. The highest BCUT2D eigenvalue weighted by Gasteiger charge is 2.09. The third-order valence-corrected chi connectivity index (χ3v) is 3.67. The second-order valence-electron chi connectivity index (χ2n) is 4.13. The van der Waals surface area contributed by atoms with Crippen molar-refractivity contribution in [3.05, 3.63) is 29.3 Å². The molecule has 0 fully saturated rings. The standard InChI is InChI=1S/C12H17NS/c1-13(2)9-10-5-6-12-11(8-10)4-3-7-14-12/h5-6,8H,3-4,7,9H2,1-2H3. The lowest BCUT2D eigenvalue weighted by Crippen LogP contribution is -2.11. The van der Waals surface area contributed by atoms with E-state index in [1.807, 2.05) is 11.8 Å². The lowest BCUT2D eigenvalue weighted by atomic mass is 10.1. The maximum atomic E-state index is 2.38. The van der Waals surface area contributed by atoms with Gasteiger partial charge in [0.2, 0.25) is 0 Å². The van der Waals surface area contributed by atoms with Crippen LogP contribution in [0.4, 0.5) is 0 Å². The molecule has 0 bridgehead atoms. The average molecular weight is 207 g/mol. The van der Waals surface area contributed by atoms with Gasteiger partial charge in [0.25, 0.3) is 0 Å². The number of hydrogen-bond donors (Lipinski definition) is 0. The summed E-state index contributed by atoms with van der Waals surface area (Å²) in [6, 6.07) is 6.93. The van der Waals surface area contributed by atoms with Crippen molar-refractivity contribution in [3.63, 3.8) is 0 Å². The van der Waals surface area contributed by atoms with Gasteiger partial charge in [-0.1, -0.05) is 12.1 Å². The fourth-order valence-electron chi connectivity index (χ4n) is 1.88. The van der Waals surface area contributed by atoms with Crippen molar-refractivity contribution in [1.82, 2.24) is 4.90 Å². The molecule has 1 heterocycles. The molecule has 0 radical (unpaired) electrons. The molecular weight excluding hydrogens is 190 g/mol. The molecule has 1 aliphatic rings. The van der Waals surface area contributed by atoms with Crippen LogP contribution < -0.4 is 0 Å². The molecule has 0 atom stereocenters. The molecule has 0 aliphatic carbocycles. The quantitative estimate of drug-likeness (QED) is 0.733. The highest BCUT2D eigenvalue weighted by Crippen LogP contribution is 2.30. The van der Waals surface area contributed by atoms with Crippen LogP contribution in [-0.4, -0.2) is 24.7 Å². The molecule has 1 aromatic rings. The first kappa shape index (κ1) is 10.1. The minimum atomic E-state index is 1.05. The van der Waals surface area contributed by atoms with Crippen LogP contribution in [0.2, 0.25) is 0 Å². The summed E-state index contributed by atoms with van der Waals surface area (Å²) in [6.07, 6.45) is 2.60. The van der Waals surface area contributed by atoms with Crippen LogP contribution in [0.3, 0.4) is 0 Å². The summed E-state index contributed by atoms with van der Waals surface area (Å²) in [6.45, 7) is 1.05. The SMILES string of the molecule is CN(C)Cc1ccc2c(c1)CCCS2. The van der Waals surface area contributed by atoms with Crippen molar-refractivity contribution in [2.75, 3.05) is 19.8 Å². The minimum absolute atomic E-state index is 1.05. The van der Waals surface area contributed by atoms with Crippen LogP contribution in [0.25, 0.3) is 0 Å². The first-order valence-corrected chi connectivity index (χ1v) is 6.13. The van der Waals surface area contributed by atoms with Crippen molar-refractivity contribution in [1.29, 1.82) is 0 Å². The number of benzene rings is 1. The largest absolute Gasteiger partial charge is 0.305 e. The Bertz CT molecular complexity index is 320. The van der Waals surface area contributed by atoms with E-state index in [1.54, 1.807) is 5.56 Å². The molecule has 0 saturated heterocycles. The number of nitrogens with zero attached hydrogens (tertiary/aromatic N) is 1. The summed E-state index contributed by atoms with van der Waals surface area (Å²) in [5.41, 5.74) is 3.00. The lowest BCUT2D eigenvalue weighted by Gasteiger charge is -2.17. The van der Waals surface area contributed by atoms with Gasteiger partial charge in [0.1, 0.15) is 0 Å². The zero-order valence-electron chi connectivity index (χ0n) is 8.92. The van der Waals surface area contributed by atoms with Gasteiger partial charge < -0.3 is 4.90 Å². The number of aryl methyl sites for hydroxylation is 1. The summed E-state index contributed by atoms with van der Waals surface area (Å²) < 4.78 is 0. The fraction of sp³-hybridized carbons (Fsp3) is 0.500.